The van der Waals surface area contributed by atoms with Gasteiger partial charge in [0.15, 0.2) is 0 Å². The zero-order valence-electron chi connectivity index (χ0n) is 21.1. The van der Waals surface area contributed by atoms with Gasteiger partial charge < -0.3 is 16.0 Å². The van der Waals surface area contributed by atoms with Crippen molar-refractivity contribution in [2.75, 3.05) is 43.4 Å². The van der Waals surface area contributed by atoms with Crippen LogP contribution in [0.2, 0.25) is 0 Å². The third kappa shape index (κ3) is 5.73. The number of piperidine rings is 2. The lowest BCUT2D eigenvalue weighted by molar-refractivity contribution is 0.0931. The first-order valence-electron chi connectivity index (χ1n) is 13.5. The van der Waals surface area contributed by atoms with E-state index in [2.05, 4.69) is 75.8 Å². The molecular formula is C31H38N4O. The second-order valence-electron chi connectivity index (χ2n) is 10.2. The summed E-state index contributed by atoms with van der Waals surface area (Å²) in [5, 5.41) is 3.19. The van der Waals surface area contributed by atoms with Crippen LogP contribution in [0.5, 0.6) is 0 Å². The van der Waals surface area contributed by atoms with E-state index < -0.39 is 0 Å². The molecule has 1 amide bonds. The second-order valence-corrected chi connectivity index (χ2v) is 10.2. The van der Waals surface area contributed by atoms with Gasteiger partial charge in [0.05, 0.1) is 11.6 Å². The van der Waals surface area contributed by atoms with E-state index in [0.29, 0.717) is 23.7 Å². The van der Waals surface area contributed by atoms with Gasteiger partial charge >= 0.3 is 0 Å². The second kappa shape index (κ2) is 11.6. The van der Waals surface area contributed by atoms with Gasteiger partial charge in [-0.2, -0.15) is 0 Å². The Morgan fingerprint density at radius 1 is 0.833 bits per heavy atom. The molecule has 0 saturated carbocycles. The quantitative estimate of drug-likeness (QED) is 0.437. The zero-order chi connectivity index (χ0) is 24.7. The zero-order valence-corrected chi connectivity index (χ0v) is 21.1. The summed E-state index contributed by atoms with van der Waals surface area (Å²) in [5.74, 6) is 0.420. The number of rotatable bonds is 7. The molecular weight excluding hydrogens is 444 g/mol. The molecule has 5 nitrogen and oxygen atoms in total. The molecule has 188 valence electrons. The molecule has 0 aromatic heterocycles. The van der Waals surface area contributed by atoms with E-state index in [4.69, 9.17) is 5.73 Å². The van der Waals surface area contributed by atoms with E-state index in [1.54, 1.807) is 0 Å². The van der Waals surface area contributed by atoms with E-state index in [1.165, 1.54) is 30.4 Å². The number of hydrogen-bond donors (Lipinski definition) is 2. The summed E-state index contributed by atoms with van der Waals surface area (Å²) in [6.07, 6.45) is 5.84. The number of amides is 1. The van der Waals surface area contributed by atoms with Crippen molar-refractivity contribution in [3.8, 4) is 0 Å². The molecule has 0 atom stereocenters. The normalized spacial score (nSPS) is 17.3. The minimum absolute atomic E-state index is 0.0553. The SMILES string of the molecule is Nc1ccc(N2CCCCC2)cc1C(=O)NCC1CCN(C(c2ccccc2)c2ccccc2)CC1. The molecule has 0 bridgehead atoms. The predicted molar refractivity (Wildman–Crippen MR) is 148 cm³/mol. The third-order valence-electron chi connectivity index (χ3n) is 7.80. The standard InChI is InChI=1S/C31H38N4O/c32-29-15-14-27(34-18-8-3-9-19-34)22-28(29)31(36)33-23-24-16-20-35(21-17-24)30(25-10-4-1-5-11-25)26-12-6-2-7-13-26/h1-2,4-7,10-15,22,24,30H,3,8-9,16-21,23,32H2,(H,33,36). The Hall–Kier alpha value is -3.31. The van der Waals surface area contributed by atoms with Gasteiger partial charge in [0.1, 0.15) is 0 Å². The number of nitrogens with zero attached hydrogens (tertiary/aromatic N) is 2. The summed E-state index contributed by atoms with van der Waals surface area (Å²) in [6.45, 7) is 4.83. The fourth-order valence-electron chi connectivity index (χ4n) is 5.72. The molecule has 0 aliphatic carbocycles. The Labute approximate surface area is 215 Å². The van der Waals surface area contributed by atoms with Crippen LogP contribution in [-0.2, 0) is 0 Å². The van der Waals surface area contributed by atoms with E-state index in [1.807, 2.05) is 18.2 Å². The highest BCUT2D eigenvalue weighted by atomic mass is 16.1. The minimum atomic E-state index is -0.0553. The summed E-state index contributed by atoms with van der Waals surface area (Å²) in [7, 11) is 0. The first-order valence-corrected chi connectivity index (χ1v) is 13.5. The van der Waals surface area contributed by atoms with Crippen molar-refractivity contribution in [1.29, 1.82) is 0 Å². The Kier molecular flexibility index (Phi) is 7.87. The first kappa shape index (κ1) is 24.4. The Morgan fingerprint density at radius 3 is 2.06 bits per heavy atom. The largest absolute Gasteiger partial charge is 0.398 e. The highest BCUT2D eigenvalue weighted by Crippen LogP contribution is 2.32. The maximum absolute atomic E-state index is 13.1. The van der Waals surface area contributed by atoms with Crippen molar-refractivity contribution in [1.82, 2.24) is 10.2 Å². The number of nitrogen functional groups attached to an aromatic ring is 1. The number of carbonyl (C=O) groups excluding carboxylic acids is 1. The lowest BCUT2D eigenvalue weighted by Gasteiger charge is -2.38. The van der Waals surface area contributed by atoms with Crippen LogP contribution in [0.4, 0.5) is 11.4 Å². The van der Waals surface area contributed by atoms with E-state index in [9.17, 15) is 4.79 Å². The number of anilines is 2. The monoisotopic (exact) mass is 482 g/mol. The molecule has 3 aromatic rings. The Morgan fingerprint density at radius 2 is 1.44 bits per heavy atom. The van der Waals surface area contributed by atoms with Crippen molar-refractivity contribution in [3.05, 3.63) is 95.6 Å². The molecule has 0 radical (unpaired) electrons. The Balaban J connectivity index is 1.19. The summed E-state index contributed by atoms with van der Waals surface area (Å²) in [6, 6.07) is 27.7. The van der Waals surface area contributed by atoms with Gasteiger partial charge in [-0.1, -0.05) is 60.7 Å². The highest BCUT2D eigenvalue weighted by molar-refractivity contribution is 6.00. The van der Waals surface area contributed by atoms with Crippen molar-refractivity contribution in [2.45, 2.75) is 38.1 Å². The van der Waals surface area contributed by atoms with Crippen LogP contribution in [0.3, 0.4) is 0 Å². The van der Waals surface area contributed by atoms with Crippen LogP contribution >= 0.6 is 0 Å². The van der Waals surface area contributed by atoms with Crippen LogP contribution in [0.15, 0.2) is 78.9 Å². The Bertz CT molecular complexity index is 1080. The molecule has 3 N–H and O–H groups in total. The molecule has 36 heavy (non-hydrogen) atoms. The highest BCUT2D eigenvalue weighted by Gasteiger charge is 2.27. The van der Waals surface area contributed by atoms with Crippen molar-refractivity contribution in [2.24, 2.45) is 5.92 Å². The van der Waals surface area contributed by atoms with Crippen LogP contribution in [0, 0.1) is 5.92 Å². The van der Waals surface area contributed by atoms with Crippen LogP contribution in [0.1, 0.15) is 59.6 Å². The van der Waals surface area contributed by atoms with Gasteiger partial charge in [-0.25, -0.2) is 0 Å². The van der Waals surface area contributed by atoms with E-state index in [-0.39, 0.29) is 11.9 Å². The van der Waals surface area contributed by atoms with Crippen molar-refractivity contribution < 1.29 is 4.79 Å². The number of carbonyl (C=O) groups is 1. The van der Waals surface area contributed by atoms with E-state index in [0.717, 1.165) is 44.7 Å². The topological polar surface area (TPSA) is 61.6 Å². The number of benzene rings is 3. The average Bonchev–Trinajstić information content (AvgIpc) is 2.94. The summed E-state index contributed by atoms with van der Waals surface area (Å²) in [4.78, 5) is 18.0. The van der Waals surface area contributed by atoms with Crippen molar-refractivity contribution >= 4 is 17.3 Å². The summed E-state index contributed by atoms with van der Waals surface area (Å²) >= 11 is 0. The minimum Gasteiger partial charge on any atom is -0.398 e. The maximum atomic E-state index is 13.1. The van der Waals surface area contributed by atoms with E-state index >= 15 is 0 Å². The van der Waals surface area contributed by atoms with Gasteiger partial charge in [0.2, 0.25) is 0 Å². The predicted octanol–water partition coefficient (Wildman–Crippen LogP) is 5.49. The molecule has 2 heterocycles. The van der Waals surface area contributed by atoms with Crippen LogP contribution in [0.25, 0.3) is 0 Å². The van der Waals surface area contributed by atoms with Crippen LogP contribution < -0.4 is 16.0 Å². The lowest BCUT2D eigenvalue weighted by atomic mass is 9.91. The van der Waals surface area contributed by atoms with Gasteiger partial charge in [0, 0.05) is 31.0 Å². The lowest BCUT2D eigenvalue weighted by Crippen LogP contribution is -2.40. The number of likely N-dealkylation sites (tertiary alicyclic amines) is 1. The molecule has 2 fully saturated rings. The molecule has 2 saturated heterocycles. The summed E-state index contributed by atoms with van der Waals surface area (Å²) in [5.41, 5.74) is 11.1. The summed E-state index contributed by atoms with van der Waals surface area (Å²) < 4.78 is 0. The number of nitrogens with one attached hydrogen (secondary N) is 1. The first-order chi connectivity index (χ1) is 17.7. The molecule has 2 aliphatic heterocycles. The maximum Gasteiger partial charge on any atom is 0.253 e. The fraction of sp³-hybridized carbons (Fsp3) is 0.387. The van der Waals surface area contributed by atoms with Gasteiger partial charge in [0.25, 0.3) is 5.91 Å². The number of nitrogens with two attached hydrogens (primary N) is 1. The van der Waals surface area contributed by atoms with Gasteiger partial charge in [-0.3, -0.25) is 9.69 Å². The molecule has 0 unspecified atom stereocenters. The van der Waals surface area contributed by atoms with Crippen LogP contribution in [-0.4, -0.2) is 43.5 Å². The molecule has 5 heteroatoms. The van der Waals surface area contributed by atoms with Gasteiger partial charge in [-0.15, -0.1) is 0 Å². The smallest absolute Gasteiger partial charge is 0.253 e. The molecule has 5 rings (SSSR count). The molecule has 2 aliphatic rings. The fourth-order valence-corrected chi connectivity index (χ4v) is 5.72. The number of hydrogen-bond acceptors (Lipinski definition) is 4. The van der Waals surface area contributed by atoms with Crippen molar-refractivity contribution in [3.63, 3.8) is 0 Å². The average molecular weight is 483 g/mol. The third-order valence-corrected chi connectivity index (χ3v) is 7.80. The molecule has 0 spiro atoms. The van der Waals surface area contributed by atoms with Gasteiger partial charge in [-0.05, 0) is 80.4 Å². The molecule has 3 aromatic carbocycles.